The van der Waals surface area contributed by atoms with Gasteiger partial charge >= 0.3 is 5.97 Å². The number of benzene rings is 1. The van der Waals surface area contributed by atoms with Gasteiger partial charge < -0.3 is 24.6 Å². The minimum atomic E-state index is -0.996. The molecule has 1 aromatic carbocycles. The number of carboxylic acids is 1. The fourth-order valence-electron chi connectivity index (χ4n) is 6.08. The number of ether oxygens (including phenoxy) is 3. The number of halogens is 1. The van der Waals surface area contributed by atoms with E-state index in [1.165, 1.54) is 18.7 Å². The van der Waals surface area contributed by atoms with Crippen molar-refractivity contribution in [1.29, 1.82) is 0 Å². The summed E-state index contributed by atoms with van der Waals surface area (Å²) in [5, 5.41) is 13.6. The molecule has 2 fully saturated rings. The number of nitrogens with one attached hydrogen (secondary N) is 1. The number of rotatable bonds is 14. The molecule has 218 valence electrons. The Bertz CT molecular complexity index is 1170. The maximum atomic E-state index is 14.9. The first-order valence-corrected chi connectivity index (χ1v) is 14.7. The number of pyridine rings is 1. The molecule has 2 aliphatic heterocycles. The largest absolute Gasteiger partial charge is 0.496 e. The second-order valence-electron chi connectivity index (χ2n) is 11.3. The molecule has 3 aliphatic rings. The number of aliphatic carboxylic acids is 1. The minimum absolute atomic E-state index is 0.0260. The Morgan fingerprint density at radius 3 is 2.77 bits per heavy atom. The summed E-state index contributed by atoms with van der Waals surface area (Å²) in [5.74, 6) is 1.000. The monoisotopic (exact) mass is 555 g/mol. The van der Waals surface area contributed by atoms with Crippen LogP contribution in [-0.4, -0.2) is 67.5 Å². The third-order valence-electron chi connectivity index (χ3n) is 8.31. The van der Waals surface area contributed by atoms with Crippen LogP contribution in [0.4, 0.5) is 10.2 Å². The summed E-state index contributed by atoms with van der Waals surface area (Å²) in [6.45, 7) is 2.67. The molecule has 1 aromatic heterocycles. The Morgan fingerprint density at radius 1 is 1.18 bits per heavy atom. The summed E-state index contributed by atoms with van der Waals surface area (Å²) in [6, 6.07) is 4.42. The number of nitrogens with zero attached hydrogens (tertiary/aromatic N) is 2. The highest BCUT2D eigenvalue weighted by Gasteiger charge is 2.37. The van der Waals surface area contributed by atoms with E-state index in [1.807, 2.05) is 11.0 Å². The zero-order valence-electron chi connectivity index (χ0n) is 23.7. The van der Waals surface area contributed by atoms with Crippen molar-refractivity contribution in [3.05, 3.63) is 46.4 Å². The molecule has 0 amide bonds. The van der Waals surface area contributed by atoms with Crippen LogP contribution in [0, 0.1) is 11.7 Å². The summed E-state index contributed by atoms with van der Waals surface area (Å²) in [6.07, 6.45) is 9.74. The van der Waals surface area contributed by atoms with Crippen molar-refractivity contribution >= 4 is 11.8 Å². The molecule has 1 saturated carbocycles. The molecule has 2 atom stereocenters. The third kappa shape index (κ3) is 6.86. The van der Waals surface area contributed by atoms with Crippen molar-refractivity contribution in [3.8, 4) is 11.5 Å². The molecule has 9 heteroatoms. The topological polar surface area (TPSA) is 93.2 Å². The van der Waals surface area contributed by atoms with Gasteiger partial charge in [-0.25, -0.2) is 9.37 Å². The highest BCUT2D eigenvalue weighted by Crippen LogP contribution is 2.38. The van der Waals surface area contributed by atoms with Gasteiger partial charge in [-0.2, -0.15) is 0 Å². The van der Waals surface area contributed by atoms with Crippen LogP contribution in [0.2, 0.25) is 0 Å². The van der Waals surface area contributed by atoms with Gasteiger partial charge in [-0.15, -0.1) is 0 Å². The average molecular weight is 556 g/mol. The highest BCUT2D eigenvalue weighted by atomic mass is 19.1. The quantitative estimate of drug-likeness (QED) is 0.308. The lowest BCUT2D eigenvalue weighted by Gasteiger charge is -2.26. The lowest BCUT2D eigenvalue weighted by molar-refractivity contribution is -0.143. The van der Waals surface area contributed by atoms with Crippen molar-refractivity contribution in [2.45, 2.75) is 76.4 Å². The zero-order chi connectivity index (χ0) is 28.1. The number of carbonyl (C=O) groups is 1. The minimum Gasteiger partial charge on any atom is -0.496 e. The van der Waals surface area contributed by atoms with Gasteiger partial charge in [-0.05, 0) is 81.4 Å². The highest BCUT2D eigenvalue weighted by molar-refractivity contribution is 5.77. The standard InChI is InChI=1S/C31H42FN3O5/c1-38-27-18-22(34-30-24(27)8-6-12-33-30)7-4-3-5-14-40-23-11-13-35(19-23)28(31(36)37)25-16-21(15-20-9-10-20)17-26(32)29(25)39-2/h16-18,20,23,28H,3-15,19H2,1-2H3,(H,33,34)(H,36,37)/t23-,28?/m1/s1. The third-order valence-corrected chi connectivity index (χ3v) is 8.31. The molecule has 3 heterocycles. The maximum absolute atomic E-state index is 14.9. The van der Waals surface area contributed by atoms with Crippen LogP contribution >= 0.6 is 0 Å². The number of aryl methyl sites for hydroxylation is 1. The van der Waals surface area contributed by atoms with Crippen LogP contribution in [0.25, 0.3) is 0 Å². The molecule has 1 saturated heterocycles. The normalized spacial score (nSPS) is 19.6. The molecule has 0 radical (unpaired) electrons. The van der Waals surface area contributed by atoms with E-state index in [9.17, 15) is 14.3 Å². The number of fused-ring (bicyclic) bond motifs is 1. The number of anilines is 1. The van der Waals surface area contributed by atoms with Gasteiger partial charge in [-0.1, -0.05) is 6.42 Å². The van der Waals surface area contributed by atoms with E-state index in [4.69, 9.17) is 19.2 Å². The van der Waals surface area contributed by atoms with Crippen LogP contribution < -0.4 is 14.8 Å². The SMILES string of the molecule is COc1cc(CCCCCO[C@@H]2CCN(C(C(=O)O)c3cc(CC4CC4)cc(F)c3OC)C2)nc2c1CCCN2. The Labute approximate surface area is 236 Å². The summed E-state index contributed by atoms with van der Waals surface area (Å²) < 4.78 is 32.0. The van der Waals surface area contributed by atoms with Gasteiger partial charge in [0.15, 0.2) is 11.6 Å². The molecular weight excluding hydrogens is 513 g/mol. The molecular formula is C31H42FN3O5. The predicted molar refractivity (Wildman–Crippen MR) is 151 cm³/mol. The lowest BCUT2D eigenvalue weighted by atomic mass is 9.98. The number of hydrogen-bond acceptors (Lipinski definition) is 7. The summed E-state index contributed by atoms with van der Waals surface area (Å²) in [5.41, 5.74) is 3.46. The van der Waals surface area contributed by atoms with Crippen molar-refractivity contribution in [1.82, 2.24) is 9.88 Å². The van der Waals surface area contributed by atoms with Gasteiger partial charge in [0.1, 0.15) is 17.6 Å². The van der Waals surface area contributed by atoms with E-state index in [0.717, 1.165) is 93.6 Å². The lowest BCUT2D eigenvalue weighted by Crippen LogP contribution is -2.34. The van der Waals surface area contributed by atoms with Crippen molar-refractivity contribution in [2.24, 2.45) is 5.92 Å². The first-order valence-electron chi connectivity index (χ1n) is 14.7. The van der Waals surface area contributed by atoms with Crippen LogP contribution in [0.5, 0.6) is 11.5 Å². The Morgan fingerprint density at radius 2 is 2.02 bits per heavy atom. The van der Waals surface area contributed by atoms with E-state index >= 15 is 0 Å². The second kappa shape index (κ2) is 13.2. The average Bonchev–Trinajstić information content (AvgIpc) is 3.64. The Hall–Kier alpha value is -2.91. The summed E-state index contributed by atoms with van der Waals surface area (Å²) in [4.78, 5) is 19.1. The van der Waals surface area contributed by atoms with Crippen LogP contribution in [0.3, 0.4) is 0 Å². The van der Waals surface area contributed by atoms with E-state index in [-0.39, 0.29) is 11.9 Å². The van der Waals surface area contributed by atoms with Crippen molar-refractivity contribution in [3.63, 3.8) is 0 Å². The maximum Gasteiger partial charge on any atom is 0.325 e. The van der Waals surface area contributed by atoms with Crippen molar-refractivity contribution < 1.29 is 28.5 Å². The smallest absolute Gasteiger partial charge is 0.325 e. The first-order chi connectivity index (χ1) is 19.5. The molecule has 1 unspecified atom stereocenters. The van der Waals surface area contributed by atoms with E-state index in [2.05, 4.69) is 11.4 Å². The zero-order valence-corrected chi connectivity index (χ0v) is 23.7. The molecule has 0 spiro atoms. The number of unbranched alkanes of at least 4 members (excludes halogenated alkanes) is 2. The van der Waals surface area contributed by atoms with Crippen LogP contribution in [0.15, 0.2) is 18.2 Å². The molecule has 2 aromatic rings. The summed E-state index contributed by atoms with van der Waals surface area (Å²) in [7, 11) is 3.11. The van der Waals surface area contributed by atoms with Gasteiger partial charge in [-0.3, -0.25) is 9.69 Å². The fourth-order valence-corrected chi connectivity index (χ4v) is 6.08. The van der Waals surface area contributed by atoms with Crippen LogP contribution in [0.1, 0.15) is 73.4 Å². The van der Waals surface area contributed by atoms with Gasteiger partial charge in [0.2, 0.25) is 0 Å². The van der Waals surface area contributed by atoms with Gasteiger partial charge in [0.05, 0.1) is 20.3 Å². The van der Waals surface area contributed by atoms with E-state index in [1.54, 1.807) is 7.11 Å². The predicted octanol–water partition coefficient (Wildman–Crippen LogP) is 5.18. The second-order valence-corrected chi connectivity index (χ2v) is 11.3. The number of carboxylic acid groups (broad SMARTS) is 1. The number of likely N-dealkylation sites (tertiary alicyclic amines) is 1. The van der Waals surface area contributed by atoms with E-state index in [0.29, 0.717) is 31.2 Å². The fraction of sp³-hybridized carbons (Fsp3) is 0.613. The van der Waals surface area contributed by atoms with Crippen molar-refractivity contribution in [2.75, 3.05) is 45.8 Å². The molecule has 1 aliphatic carbocycles. The first kappa shape index (κ1) is 28.6. The van der Waals surface area contributed by atoms with Crippen LogP contribution in [-0.2, 0) is 28.8 Å². The molecule has 8 nitrogen and oxygen atoms in total. The molecule has 0 bridgehead atoms. The van der Waals surface area contributed by atoms with Gasteiger partial charge in [0, 0.05) is 49.1 Å². The van der Waals surface area contributed by atoms with Gasteiger partial charge in [0.25, 0.3) is 0 Å². The Balaban J connectivity index is 1.10. The molecule has 40 heavy (non-hydrogen) atoms. The number of methoxy groups -OCH3 is 2. The molecule has 5 rings (SSSR count). The number of hydrogen-bond donors (Lipinski definition) is 2. The summed E-state index contributed by atoms with van der Waals surface area (Å²) >= 11 is 0. The Kier molecular flexibility index (Phi) is 9.42. The number of aromatic nitrogens is 1. The molecule has 2 N–H and O–H groups in total. The van der Waals surface area contributed by atoms with E-state index < -0.39 is 17.8 Å².